The molecule has 0 aliphatic carbocycles. The minimum atomic E-state index is -0.798. The summed E-state index contributed by atoms with van der Waals surface area (Å²) in [5.74, 6) is 0.640. The van der Waals surface area contributed by atoms with Crippen molar-refractivity contribution in [2.75, 3.05) is 26.4 Å². The Kier molecular flexibility index (Phi) is 7.45. The predicted molar refractivity (Wildman–Crippen MR) is 86.9 cm³/mol. The van der Waals surface area contributed by atoms with Gasteiger partial charge < -0.3 is 20.5 Å². The lowest BCUT2D eigenvalue weighted by Crippen LogP contribution is -2.57. The number of nitrogens with two attached hydrogens (primary N) is 1. The van der Waals surface area contributed by atoms with E-state index in [9.17, 15) is 4.79 Å². The Hall–Kier alpha value is -0.820. The van der Waals surface area contributed by atoms with Crippen LogP contribution in [0, 0.1) is 0 Å². The van der Waals surface area contributed by atoms with Gasteiger partial charge in [-0.05, 0) is 31.0 Å². The van der Waals surface area contributed by atoms with Gasteiger partial charge in [0, 0.05) is 17.7 Å². The molecule has 1 fully saturated rings. The van der Waals surface area contributed by atoms with Gasteiger partial charge in [0.2, 0.25) is 5.91 Å². The molecule has 1 aliphatic heterocycles. The SMILES string of the molecule is Cl.NC1(C(=O)NCCOc2cccc(Br)c2)CCOCC1. The maximum absolute atomic E-state index is 12.0. The summed E-state index contributed by atoms with van der Waals surface area (Å²) in [4.78, 5) is 12.0. The van der Waals surface area contributed by atoms with E-state index in [-0.39, 0.29) is 18.3 Å². The minimum Gasteiger partial charge on any atom is -0.492 e. The van der Waals surface area contributed by atoms with Gasteiger partial charge in [-0.25, -0.2) is 0 Å². The molecule has 5 nitrogen and oxygen atoms in total. The number of nitrogens with one attached hydrogen (secondary N) is 1. The van der Waals surface area contributed by atoms with Crippen molar-refractivity contribution in [1.82, 2.24) is 5.32 Å². The van der Waals surface area contributed by atoms with Crippen LogP contribution in [0.1, 0.15) is 12.8 Å². The summed E-state index contributed by atoms with van der Waals surface area (Å²) in [6.07, 6.45) is 1.12. The quantitative estimate of drug-likeness (QED) is 0.766. The van der Waals surface area contributed by atoms with Gasteiger partial charge >= 0.3 is 0 Å². The fourth-order valence-corrected chi connectivity index (χ4v) is 2.41. The number of carbonyl (C=O) groups excluding carboxylic acids is 1. The largest absolute Gasteiger partial charge is 0.492 e. The van der Waals surface area contributed by atoms with Crippen LogP contribution < -0.4 is 15.8 Å². The molecule has 2 rings (SSSR count). The smallest absolute Gasteiger partial charge is 0.240 e. The summed E-state index contributed by atoms with van der Waals surface area (Å²) in [5.41, 5.74) is 5.28. The van der Waals surface area contributed by atoms with Crippen molar-refractivity contribution in [3.05, 3.63) is 28.7 Å². The number of benzene rings is 1. The normalized spacial score (nSPS) is 16.7. The van der Waals surface area contributed by atoms with Crippen LogP contribution >= 0.6 is 28.3 Å². The molecule has 1 aliphatic rings. The number of carbonyl (C=O) groups is 1. The van der Waals surface area contributed by atoms with Crippen LogP contribution in [0.3, 0.4) is 0 Å². The van der Waals surface area contributed by atoms with E-state index in [1.165, 1.54) is 0 Å². The summed E-state index contributed by atoms with van der Waals surface area (Å²) >= 11 is 3.38. The number of halogens is 2. The number of hydrogen-bond acceptors (Lipinski definition) is 4. The Labute approximate surface area is 139 Å². The molecule has 0 radical (unpaired) electrons. The van der Waals surface area contributed by atoms with Gasteiger partial charge in [0.05, 0.1) is 12.1 Å². The van der Waals surface area contributed by atoms with E-state index in [2.05, 4.69) is 21.2 Å². The van der Waals surface area contributed by atoms with Crippen molar-refractivity contribution < 1.29 is 14.3 Å². The molecule has 7 heteroatoms. The monoisotopic (exact) mass is 378 g/mol. The molecule has 3 N–H and O–H groups in total. The Balaban J connectivity index is 0.00000220. The van der Waals surface area contributed by atoms with Crippen molar-refractivity contribution in [1.29, 1.82) is 0 Å². The molecular weight excluding hydrogens is 360 g/mol. The first-order valence-corrected chi connectivity index (χ1v) is 7.43. The van der Waals surface area contributed by atoms with E-state index in [0.717, 1.165) is 10.2 Å². The van der Waals surface area contributed by atoms with Gasteiger partial charge in [0.25, 0.3) is 0 Å². The van der Waals surface area contributed by atoms with Crippen molar-refractivity contribution >= 4 is 34.2 Å². The second-order valence-corrected chi connectivity index (χ2v) is 5.75. The van der Waals surface area contributed by atoms with Crippen LogP contribution in [0.4, 0.5) is 0 Å². The third-order valence-electron chi connectivity index (χ3n) is 3.29. The average molecular weight is 380 g/mol. The van der Waals surface area contributed by atoms with Gasteiger partial charge in [-0.3, -0.25) is 4.79 Å². The second-order valence-electron chi connectivity index (χ2n) is 4.83. The van der Waals surface area contributed by atoms with Crippen molar-refractivity contribution in [2.24, 2.45) is 5.73 Å². The zero-order chi connectivity index (χ0) is 14.4. The predicted octanol–water partition coefficient (Wildman–Crippen LogP) is 1.87. The summed E-state index contributed by atoms with van der Waals surface area (Å²) < 4.78 is 11.7. The molecule has 0 spiro atoms. The number of hydrogen-bond donors (Lipinski definition) is 2. The van der Waals surface area contributed by atoms with E-state index >= 15 is 0 Å². The summed E-state index contributed by atoms with van der Waals surface area (Å²) in [7, 11) is 0. The lowest BCUT2D eigenvalue weighted by atomic mass is 9.90. The molecule has 21 heavy (non-hydrogen) atoms. The van der Waals surface area contributed by atoms with Crippen LogP contribution in [0.5, 0.6) is 5.75 Å². The van der Waals surface area contributed by atoms with Crippen molar-refractivity contribution in [3.8, 4) is 5.75 Å². The average Bonchev–Trinajstić information content (AvgIpc) is 2.44. The Morgan fingerprint density at radius 2 is 2.14 bits per heavy atom. The maximum atomic E-state index is 12.0. The molecule has 0 aromatic heterocycles. The Morgan fingerprint density at radius 3 is 2.81 bits per heavy atom. The third kappa shape index (κ3) is 5.47. The first-order valence-electron chi connectivity index (χ1n) is 6.63. The molecule has 0 bridgehead atoms. The van der Waals surface area contributed by atoms with Crippen LogP contribution in [0.2, 0.25) is 0 Å². The van der Waals surface area contributed by atoms with Gasteiger partial charge in [-0.1, -0.05) is 22.0 Å². The second kappa shape index (κ2) is 8.58. The summed E-state index contributed by atoms with van der Waals surface area (Å²) in [6.45, 7) is 1.93. The molecule has 1 aromatic rings. The molecule has 0 atom stereocenters. The van der Waals surface area contributed by atoms with E-state index in [1.807, 2.05) is 24.3 Å². The molecule has 0 unspecified atom stereocenters. The summed E-state index contributed by atoms with van der Waals surface area (Å²) in [5, 5.41) is 2.82. The molecular formula is C14H20BrClN2O3. The minimum absolute atomic E-state index is 0. The molecule has 1 aromatic carbocycles. The van der Waals surface area contributed by atoms with E-state index in [0.29, 0.717) is 39.2 Å². The van der Waals surface area contributed by atoms with Gasteiger partial charge in [-0.15, -0.1) is 12.4 Å². The van der Waals surface area contributed by atoms with E-state index < -0.39 is 5.54 Å². The van der Waals surface area contributed by atoms with Crippen LogP contribution in [0.25, 0.3) is 0 Å². The van der Waals surface area contributed by atoms with Crippen molar-refractivity contribution in [3.63, 3.8) is 0 Å². The number of rotatable bonds is 5. The number of ether oxygens (including phenoxy) is 2. The highest BCUT2D eigenvalue weighted by Gasteiger charge is 2.35. The third-order valence-corrected chi connectivity index (χ3v) is 3.78. The first kappa shape index (κ1) is 18.2. The van der Waals surface area contributed by atoms with Crippen LogP contribution in [0.15, 0.2) is 28.7 Å². The molecule has 1 amide bonds. The highest BCUT2D eigenvalue weighted by atomic mass is 79.9. The van der Waals surface area contributed by atoms with Gasteiger partial charge in [-0.2, -0.15) is 0 Å². The topological polar surface area (TPSA) is 73.6 Å². The van der Waals surface area contributed by atoms with Gasteiger partial charge in [0.1, 0.15) is 12.4 Å². The Morgan fingerprint density at radius 1 is 1.43 bits per heavy atom. The zero-order valence-corrected chi connectivity index (χ0v) is 14.0. The first-order chi connectivity index (χ1) is 9.60. The highest BCUT2D eigenvalue weighted by molar-refractivity contribution is 9.10. The molecule has 1 heterocycles. The van der Waals surface area contributed by atoms with E-state index in [4.69, 9.17) is 15.2 Å². The van der Waals surface area contributed by atoms with E-state index in [1.54, 1.807) is 0 Å². The van der Waals surface area contributed by atoms with Crippen LogP contribution in [-0.2, 0) is 9.53 Å². The summed E-state index contributed by atoms with van der Waals surface area (Å²) in [6, 6.07) is 7.58. The van der Waals surface area contributed by atoms with Crippen molar-refractivity contribution in [2.45, 2.75) is 18.4 Å². The molecule has 118 valence electrons. The molecule has 1 saturated heterocycles. The van der Waals surface area contributed by atoms with Gasteiger partial charge in [0.15, 0.2) is 0 Å². The van der Waals surface area contributed by atoms with Crippen LogP contribution in [-0.4, -0.2) is 37.8 Å². The lowest BCUT2D eigenvalue weighted by molar-refractivity contribution is -0.129. The number of amides is 1. The lowest BCUT2D eigenvalue weighted by Gasteiger charge is -2.31. The fourth-order valence-electron chi connectivity index (χ4n) is 2.03. The highest BCUT2D eigenvalue weighted by Crippen LogP contribution is 2.18. The standard InChI is InChI=1S/C14H19BrN2O3.ClH/c15-11-2-1-3-12(10-11)20-9-6-17-13(18)14(16)4-7-19-8-5-14;/h1-3,10H,4-9,16H2,(H,17,18);1H. The maximum Gasteiger partial charge on any atom is 0.240 e. The zero-order valence-electron chi connectivity index (χ0n) is 11.6. The molecule has 0 saturated carbocycles. The Bertz CT molecular complexity index is 467. The fraction of sp³-hybridized carbons (Fsp3) is 0.500.